The number of hydrogen-bond donors (Lipinski definition) is 2. The van der Waals surface area contributed by atoms with E-state index in [-0.39, 0.29) is 0 Å². The molecule has 1 aliphatic rings. The third kappa shape index (κ3) is 2.80. The van der Waals surface area contributed by atoms with Crippen molar-refractivity contribution < 1.29 is 5.11 Å². The second-order valence-corrected chi connectivity index (χ2v) is 4.17. The number of rotatable bonds is 5. The normalized spacial score (nSPS) is 27.0. The first-order chi connectivity index (χ1) is 5.17. The number of hydrogen-bond acceptors (Lipinski definition) is 2. The maximum absolute atomic E-state index is 8.51. The van der Waals surface area contributed by atoms with Crippen LogP contribution in [-0.4, -0.2) is 24.8 Å². The molecule has 0 spiro atoms. The van der Waals surface area contributed by atoms with Gasteiger partial charge in [-0.2, -0.15) is 0 Å². The van der Waals surface area contributed by atoms with E-state index in [4.69, 9.17) is 5.11 Å². The minimum absolute atomic E-state index is 0.307. The molecule has 2 nitrogen and oxygen atoms in total. The van der Waals surface area contributed by atoms with E-state index in [1.54, 1.807) is 0 Å². The Labute approximate surface area is 69.0 Å². The van der Waals surface area contributed by atoms with Gasteiger partial charge in [0.25, 0.3) is 0 Å². The summed E-state index contributed by atoms with van der Waals surface area (Å²) in [5.41, 5.74) is 0.589. The molecule has 0 aliphatic heterocycles. The van der Waals surface area contributed by atoms with Crippen molar-refractivity contribution >= 4 is 0 Å². The van der Waals surface area contributed by atoms with Crippen LogP contribution in [0.15, 0.2) is 0 Å². The van der Waals surface area contributed by atoms with Gasteiger partial charge in [0.2, 0.25) is 0 Å². The molecule has 1 saturated carbocycles. The molecule has 0 radical (unpaired) electrons. The molecular formula is C9H19NO. The van der Waals surface area contributed by atoms with Gasteiger partial charge >= 0.3 is 0 Å². The van der Waals surface area contributed by atoms with Crippen molar-refractivity contribution in [3.63, 3.8) is 0 Å². The molecule has 2 N–H and O–H groups in total. The average molecular weight is 157 g/mol. The molecule has 1 atom stereocenters. The predicted molar refractivity (Wildman–Crippen MR) is 46.5 cm³/mol. The summed E-state index contributed by atoms with van der Waals surface area (Å²) < 4.78 is 0. The summed E-state index contributed by atoms with van der Waals surface area (Å²) in [7, 11) is 0. The summed E-state index contributed by atoms with van der Waals surface area (Å²) in [6.45, 7) is 7.02. The molecule has 2 heteroatoms. The van der Waals surface area contributed by atoms with Gasteiger partial charge in [-0.3, -0.25) is 0 Å². The standard InChI is InChI=1S/C9H19NO/c1-9(2)6-8(9)7-10-4-3-5-11/h8,10-11H,3-7H2,1-2H3. The van der Waals surface area contributed by atoms with Crippen LogP contribution < -0.4 is 5.32 Å². The van der Waals surface area contributed by atoms with Gasteiger partial charge in [0.1, 0.15) is 0 Å². The fourth-order valence-corrected chi connectivity index (χ4v) is 1.40. The maximum Gasteiger partial charge on any atom is 0.0443 e. The van der Waals surface area contributed by atoms with Gasteiger partial charge in [-0.15, -0.1) is 0 Å². The van der Waals surface area contributed by atoms with Crippen LogP contribution in [-0.2, 0) is 0 Å². The number of nitrogens with one attached hydrogen (secondary N) is 1. The van der Waals surface area contributed by atoms with E-state index >= 15 is 0 Å². The SMILES string of the molecule is CC1(C)CC1CNCCCO. The Bertz CT molecular complexity index is 123. The maximum atomic E-state index is 8.51. The van der Waals surface area contributed by atoms with E-state index in [9.17, 15) is 0 Å². The molecule has 66 valence electrons. The number of aliphatic hydroxyl groups is 1. The van der Waals surface area contributed by atoms with E-state index in [2.05, 4.69) is 19.2 Å². The van der Waals surface area contributed by atoms with Crippen LogP contribution in [0.4, 0.5) is 0 Å². The summed E-state index contributed by atoms with van der Waals surface area (Å²) in [6.07, 6.45) is 2.24. The van der Waals surface area contributed by atoms with Crippen LogP contribution in [0.2, 0.25) is 0 Å². The summed E-state index contributed by atoms with van der Waals surface area (Å²) in [4.78, 5) is 0. The molecule has 0 heterocycles. The lowest BCUT2D eigenvalue weighted by Crippen LogP contribution is -2.20. The van der Waals surface area contributed by atoms with Crippen molar-refractivity contribution in [2.75, 3.05) is 19.7 Å². The summed E-state index contributed by atoms with van der Waals surface area (Å²) in [5.74, 6) is 0.876. The second-order valence-electron chi connectivity index (χ2n) is 4.17. The van der Waals surface area contributed by atoms with Gasteiger partial charge in [0, 0.05) is 6.61 Å². The minimum atomic E-state index is 0.307. The fourth-order valence-electron chi connectivity index (χ4n) is 1.40. The van der Waals surface area contributed by atoms with Crippen molar-refractivity contribution in [3.8, 4) is 0 Å². The van der Waals surface area contributed by atoms with Gasteiger partial charge < -0.3 is 10.4 Å². The molecule has 0 bridgehead atoms. The van der Waals surface area contributed by atoms with E-state index in [1.807, 2.05) is 0 Å². The highest BCUT2D eigenvalue weighted by atomic mass is 16.3. The van der Waals surface area contributed by atoms with Gasteiger partial charge in [0.05, 0.1) is 0 Å². The highest BCUT2D eigenvalue weighted by Gasteiger charge is 2.44. The average Bonchev–Trinajstić information content (AvgIpc) is 2.52. The van der Waals surface area contributed by atoms with Crippen LogP contribution in [0.1, 0.15) is 26.7 Å². The highest BCUT2D eigenvalue weighted by Crippen LogP contribution is 2.50. The lowest BCUT2D eigenvalue weighted by molar-refractivity contribution is 0.285. The Kier molecular flexibility index (Phi) is 2.90. The highest BCUT2D eigenvalue weighted by molar-refractivity contribution is 4.95. The topological polar surface area (TPSA) is 32.3 Å². The van der Waals surface area contributed by atoms with Crippen LogP contribution in [0.25, 0.3) is 0 Å². The Hall–Kier alpha value is -0.0800. The Morgan fingerprint density at radius 1 is 1.55 bits per heavy atom. The Morgan fingerprint density at radius 3 is 2.64 bits per heavy atom. The molecule has 0 saturated heterocycles. The van der Waals surface area contributed by atoms with Crippen molar-refractivity contribution in [3.05, 3.63) is 0 Å². The third-order valence-corrected chi connectivity index (χ3v) is 2.62. The van der Waals surface area contributed by atoms with Crippen molar-refractivity contribution in [2.45, 2.75) is 26.7 Å². The van der Waals surface area contributed by atoms with Crippen molar-refractivity contribution in [1.82, 2.24) is 5.32 Å². The lowest BCUT2D eigenvalue weighted by Gasteiger charge is -2.04. The van der Waals surface area contributed by atoms with Crippen molar-refractivity contribution in [2.24, 2.45) is 11.3 Å². The molecule has 0 aromatic heterocycles. The Balaban J connectivity index is 1.90. The predicted octanol–water partition coefficient (Wildman–Crippen LogP) is 1.00. The summed E-state index contributed by atoms with van der Waals surface area (Å²) in [6, 6.07) is 0. The van der Waals surface area contributed by atoms with Gasteiger partial charge in [-0.25, -0.2) is 0 Å². The van der Waals surface area contributed by atoms with Crippen LogP contribution >= 0.6 is 0 Å². The quantitative estimate of drug-likeness (QED) is 0.584. The smallest absolute Gasteiger partial charge is 0.0443 e. The van der Waals surface area contributed by atoms with E-state index in [1.165, 1.54) is 6.42 Å². The zero-order valence-corrected chi connectivity index (χ0v) is 7.56. The summed E-state index contributed by atoms with van der Waals surface area (Å²) in [5, 5.41) is 11.9. The first-order valence-electron chi connectivity index (χ1n) is 4.48. The molecule has 0 aromatic rings. The van der Waals surface area contributed by atoms with Crippen LogP contribution in [0, 0.1) is 11.3 Å². The molecule has 1 unspecified atom stereocenters. The third-order valence-electron chi connectivity index (χ3n) is 2.62. The van der Waals surface area contributed by atoms with E-state index < -0.39 is 0 Å². The lowest BCUT2D eigenvalue weighted by atomic mass is 10.1. The zero-order valence-electron chi connectivity index (χ0n) is 7.56. The minimum Gasteiger partial charge on any atom is -0.396 e. The molecule has 1 rings (SSSR count). The Morgan fingerprint density at radius 2 is 2.18 bits per heavy atom. The zero-order chi connectivity index (χ0) is 8.32. The molecule has 0 aromatic carbocycles. The van der Waals surface area contributed by atoms with Crippen LogP contribution in [0.3, 0.4) is 0 Å². The molecule has 1 aliphatic carbocycles. The van der Waals surface area contributed by atoms with Gasteiger partial charge in [-0.1, -0.05) is 13.8 Å². The number of aliphatic hydroxyl groups excluding tert-OH is 1. The monoisotopic (exact) mass is 157 g/mol. The molecule has 1 fully saturated rings. The molecule has 0 amide bonds. The first kappa shape index (κ1) is 9.01. The summed E-state index contributed by atoms with van der Waals surface area (Å²) >= 11 is 0. The molecular weight excluding hydrogens is 138 g/mol. The van der Waals surface area contributed by atoms with Gasteiger partial charge in [0.15, 0.2) is 0 Å². The van der Waals surface area contributed by atoms with Crippen molar-refractivity contribution in [1.29, 1.82) is 0 Å². The molecule has 11 heavy (non-hydrogen) atoms. The first-order valence-corrected chi connectivity index (χ1v) is 4.48. The van der Waals surface area contributed by atoms with Crippen LogP contribution in [0.5, 0.6) is 0 Å². The van der Waals surface area contributed by atoms with E-state index in [0.717, 1.165) is 25.4 Å². The second kappa shape index (κ2) is 3.55. The fraction of sp³-hybridized carbons (Fsp3) is 1.00. The van der Waals surface area contributed by atoms with E-state index in [0.29, 0.717) is 12.0 Å². The largest absolute Gasteiger partial charge is 0.396 e. The van der Waals surface area contributed by atoms with Gasteiger partial charge in [-0.05, 0) is 37.3 Å².